The number of aromatic nitrogens is 2. The van der Waals surface area contributed by atoms with Crippen LogP contribution in [0, 0.1) is 6.92 Å². The van der Waals surface area contributed by atoms with Gasteiger partial charge in [0, 0.05) is 0 Å². The minimum atomic E-state index is 0.343. The maximum atomic E-state index is 10.6. The number of carbonyl (C=O) groups is 1. The van der Waals surface area contributed by atoms with Gasteiger partial charge in [0.2, 0.25) is 0 Å². The van der Waals surface area contributed by atoms with Crippen LogP contribution in [0.15, 0.2) is 30.5 Å². The van der Waals surface area contributed by atoms with Gasteiger partial charge in [0.25, 0.3) is 0 Å². The lowest BCUT2D eigenvalue weighted by atomic mass is 10.2. The van der Waals surface area contributed by atoms with Crippen LogP contribution in [0.25, 0.3) is 5.69 Å². The van der Waals surface area contributed by atoms with Crippen LogP contribution in [0.4, 0.5) is 0 Å². The molecule has 1 aromatic carbocycles. The Kier molecular flexibility index (Phi) is 2.56. The SMILES string of the molecule is Cc1cccc(-n2ncc(C=O)c2Cl)c1. The lowest BCUT2D eigenvalue weighted by molar-refractivity contribution is 0.112. The Hall–Kier alpha value is -1.61. The minimum absolute atomic E-state index is 0.343. The molecule has 76 valence electrons. The third kappa shape index (κ3) is 1.78. The number of hydrogen-bond acceptors (Lipinski definition) is 2. The fourth-order valence-electron chi connectivity index (χ4n) is 1.36. The van der Waals surface area contributed by atoms with E-state index in [-0.39, 0.29) is 0 Å². The molecule has 0 aliphatic carbocycles. The van der Waals surface area contributed by atoms with Crippen molar-refractivity contribution in [1.82, 2.24) is 9.78 Å². The van der Waals surface area contributed by atoms with Crippen molar-refractivity contribution in [2.45, 2.75) is 6.92 Å². The molecule has 0 bridgehead atoms. The number of nitrogens with zero attached hydrogens (tertiary/aromatic N) is 2. The summed E-state index contributed by atoms with van der Waals surface area (Å²) in [4.78, 5) is 10.6. The van der Waals surface area contributed by atoms with Crippen molar-refractivity contribution in [2.24, 2.45) is 0 Å². The average Bonchev–Trinajstić information content (AvgIpc) is 2.59. The molecule has 2 rings (SSSR count). The fourth-order valence-corrected chi connectivity index (χ4v) is 1.60. The Morgan fingerprint density at radius 2 is 2.27 bits per heavy atom. The second-order valence-electron chi connectivity index (χ2n) is 3.26. The quantitative estimate of drug-likeness (QED) is 0.730. The van der Waals surface area contributed by atoms with E-state index in [1.54, 1.807) is 0 Å². The molecule has 2 aromatic rings. The number of hydrogen-bond donors (Lipinski definition) is 0. The summed E-state index contributed by atoms with van der Waals surface area (Å²) in [6, 6.07) is 7.75. The maximum Gasteiger partial charge on any atom is 0.154 e. The summed E-state index contributed by atoms with van der Waals surface area (Å²) in [6.45, 7) is 1.99. The van der Waals surface area contributed by atoms with Gasteiger partial charge in [-0.05, 0) is 24.6 Å². The number of halogens is 1. The third-order valence-corrected chi connectivity index (χ3v) is 2.49. The van der Waals surface area contributed by atoms with Crippen LogP contribution in [-0.2, 0) is 0 Å². The summed E-state index contributed by atoms with van der Waals surface area (Å²) in [7, 11) is 0. The topological polar surface area (TPSA) is 34.9 Å². The molecule has 0 atom stereocenters. The molecule has 1 aromatic heterocycles. The highest BCUT2D eigenvalue weighted by Crippen LogP contribution is 2.19. The van der Waals surface area contributed by atoms with Gasteiger partial charge < -0.3 is 0 Å². The van der Waals surface area contributed by atoms with Gasteiger partial charge in [-0.25, -0.2) is 4.68 Å². The molecule has 0 aliphatic heterocycles. The zero-order valence-corrected chi connectivity index (χ0v) is 8.90. The highest BCUT2D eigenvalue weighted by atomic mass is 35.5. The van der Waals surface area contributed by atoms with Gasteiger partial charge >= 0.3 is 0 Å². The fraction of sp³-hybridized carbons (Fsp3) is 0.0909. The summed E-state index contributed by atoms with van der Waals surface area (Å²) in [5.41, 5.74) is 2.37. The van der Waals surface area contributed by atoms with Crippen LogP contribution in [-0.4, -0.2) is 16.1 Å². The van der Waals surface area contributed by atoms with Gasteiger partial charge in [0.15, 0.2) is 6.29 Å². The summed E-state index contributed by atoms with van der Waals surface area (Å²) in [5.74, 6) is 0. The largest absolute Gasteiger partial charge is 0.298 e. The predicted octanol–water partition coefficient (Wildman–Crippen LogP) is 2.65. The molecule has 0 aliphatic rings. The lowest BCUT2D eigenvalue weighted by Crippen LogP contribution is -1.96. The van der Waals surface area contributed by atoms with E-state index in [2.05, 4.69) is 5.10 Å². The minimum Gasteiger partial charge on any atom is -0.298 e. The van der Waals surface area contributed by atoms with Crippen molar-refractivity contribution in [3.63, 3.8) is 0 Å². The lowest BCUT2D eigenvalue weighted by Gasteiger charge is -2.03. The molecular weight excluding hydrogens is 212 g/mol. The number of aldehydes is 1. The maximum absolute atomic E-state index is 10.6. The van der Waals surface area contributed by atoms with Gasteiger partial charge in [-0.1, -0.05) is 23.7 Å². The van der Waals surface area contributed by atoms with Crippen LogP contribution < -0.4 is 0 Å². The van der Waals surface area contributed by atoms with E-state index in [1.165, 1.54) is 10.9 Å². The van der Waals surface area contributed by atoms with Crippen molar-refractivity contribution < 1.29 is 4.79 Å². The molecule has 0 radical (unpaired) electrons. The summed E-state index contributed by atoms with van der Waals surface area (Å²) in [6.07, 6.45) is 2.15. The Bertz CT molecular complexity index is 505. The van der Waals surface area contributed by atoms with Crippen molar-refractivity contribution in [3.8, 4) is 5.69 Å². The van der Waals surface area contributed by atoms with Gasteiger partial charge in [-0.3, -0.25) is 4.79 Å². The molecule has 0 saturated heterocycles. The molecule has 0 spiro atoms. The van der Waals surface area contributed by atoms with E-state index in [0.717, 1.165) is 11.3 Å². The Morgan fingerprint density at radius 3 is 2.87 bits per heavy atom. The molecule has 0 saturated carbocycles. The van der Waals surface area contributed by atoms with Crippen LogP contribution in [0.1, 0.15) is 15.9 Å². The highest BCUT2D eigenvalue weighted by molar-refractivity contribution is 6.32. The molecule has 15 heavy (non-hydrogen) atoms. The highest BCUT2D eigenvalue weighted by Gasteiger charge is 2.08. The van der Waals surface area contributed by atoms with Crippen molar-refractivity contribution in [1.29, 1.82) is 0 Å². The molecule has 3 nitrogen and oxygen atoms in total. The normalized spacial score (nSPS) is 10.3. The zero-order valence-electron chi connectivity index (χ0n) is 8.14. The monoisotopic (exact) mass is 220 g/mol. The van der Waals surface area contributed by atoms with E-state index in [4.69, 9.17) is 11.6 Å². The molecular formula is C11H9ClN2O. The van der Waals surface area contributed by atoms with Gasteiger partial charge in [-0.2, -0.15) is 5.10 Å². The zero-order chi connectivity index (χ0) is 10.8. The second kappa shape index (κ2) is 3.87. The smallest absolute Gasteiger partial charge is 0.154 e. The first-order valence-electron chi connectivity index (χ1n) is 4.48. The first-order valence-corrected chi connectivity index (χ1v) is 4.86. The van der Waals surface area contributed by atoms with E-state index < -0.39 is 0 Å². The van der Waals surface area contributed by atoms with Crippen molar-refractivity contribution >= 4 is 17.9 Å². The first kappa shape index (κ1) is 9.93. The van der Waals surface area contributed by atoms with Crippen molar-refractivity contribution in [2.75, 3.05) is 0 Å². The second-order valence-corrected chi connectivity index (χ2v) is 3.62. The van der Waals surface area contributed by atoms with E-state index in [0.29, 0.717) is 17.0 Å². The molecule has 0 amide bonds. The molecule has 4 heteroatoms. The Labute approximate surface area is 92.3 Å². The summed E-state index contributed by atoms with van der Waals surface area (Å²) >= 11 is 5.98. The Balaban J connectivity index is 2.54. The van der Waals surface area contributed by atoms with E-state index in [9.17, 15) is 4.79 Å². The number of carbonyl (C=O) groups excluding carboxylic acids is 1. The van der Waals surface area contributed by atoms with Crippen molar-refractivity contribution in [3.05, 3.63) is 46.7 Å². The molecule has 0 N–H and O–H groups in total. The molecule has 1 heterocycles. The standard InChI is InChI=1S/C11H9ClN2O/c1-8-3-2-4-10(5-8)14-11(12)9(7-15)6-13-14/h2-7H,1H3. The third-order valence-electron chi connectivity index (χ3n) is 2.11. The van der Waals surface area contributed by atoms with Crippen LogP contribution >= 0.6 is 11.6 Å². The van der Waals surface area contributed by atoms with Crippen LogP contribution in [0.5, 0.6) is 0 Å². The molecule has 0 fully saturated rings. The van der Waals surface area contributed by atoms with E-state index in [1.807, 2.05) is 31.2 Å². The Morgan fingerprint density at radius 1 is 1.47 bits per heavy atom. The van der Waals surface area contributed by atoms with E-state index >= 15 is 0 Å². The van der Waals surface area contributed by atoms with Gasteiger partial charge in [-0.15, -0.1) is 0 Å². The molecule has 0 unspecified atom stereocenters. The first-order chi connectivity index (χ1) is 7.22. The van der Waals surface area contributed by atoms with Gasteiger partial charge in [0.1, 0.15) is 5.15 Å². The van der Waals surface area contributed by atoms with Crippen LogP contribution in [0.3, 0.4) is 0 Å². The summed E-state index contributed by atoms with van der Waals surface area (Å²) in [5, 5.41) is 4.39. The number of benzene rings is 1. The van der Waals surface area contributed by atoms with Gasteiger partial charge in [0.05, 0.1) is 17.4 Å². The average molecular weight is 221 g/mol. The van der Waals surface area contributed by atoms with Crippen LogP contribution in [0.2, 0.25) is 5.15 Å². The number of rotatable bonds is 2. The predicted molar refractivity (Wildman–Crippen MR) is 58.7 cm³/mol. The summed E-state index contributed by atoms with van der Waals surface area (Å²) < 4.78 is 1.54. The number of aryl methyl sites for hydroxylation is 1.